The Morgan fingerprint density at radius 1 is 1.88 bits per heavy atom. The SMILES string of the molecule is CCC[C@@H](S)C(=O)O. The highest BCUT2D eigenvalue weighted by atomic mass is 32.1. The summed E-state index contributed by atoms with van der Waals surface area (Å²) in [6.07, 6.45) is 1.53. The van der Waals surface area contributed by atoms with Gasteiger partial charge in [-0.2, -0.15) is 12.6 Å². The van der Waals surface area contributed by atoms with Crippen molar-refractivity contribution >= 4 is 18.6 Å². The average Bonchev–Trinajstić information content (AvgIpc) is 1.67. The summed E-state index contributed by atoms with van der Waals surface area (Å²) in [5.41, 5.74) is 0. The normalized spacial score (nSPS) is 13.2. The van der Waals surface area contributed by atoms with Crippen LogP contribution in [0.4, 0.5) is 0 Å². The van der Waals surface area contributed by atoms with Crippen LogP contribution in [-0.4, -0.2) is 16.3 Å². The highest BCUT2D eigenvalue weighted by Gasteiger charge is 2.08. The summed E-state index contributed by atoms with van der Waals surface area (Å²) in [6, 6.07) is 0. The van der Waals surface area contributed by atoms with E-state index in [9.17, 15) is 4.79 Å². The van der Waals surface area contributed by atoms with Gasteiger partial charge in [-0.3, -0.25) is 4.79 Å². The summed E-state index contributed by atoms with van der Waals surface area (Å²) < 4.78 is 0. The van der Waals surface area contributed by atoms with Crippen molar-refractivity contribution in [2.24, 2.45) is 0 Å². The van der Waals surface area contributed by atoms with Crippen LogP contribution in [0, 0.1) is 0 Å². The molecule has 0 aromatic heterocycles. The fraction of sp³-hybridized carbons (Fsp3) is 0.800. The van der Waals surface area contributed by atoms with E-state index >= 15 is 0 Å². The van der Waals surface area contributed by atoms with Crippen LogP contribution in [-0.2, 0) is 4.79 Å². The zero-order chi connectivity index (χ0) is 6.57. The number of hydrogen-bond donors (Lipinski definition) is 2. The van der Waals surface area contributed by atoms with Crippen LogP contribution in [0.25, 0.3) is 0 Å². The minimum atomic E-state index is -0.824. The Labute approximate surface area is 54.3 Å². The van der Waals surface area contributed by atoms with Crippen molar-refractivity contribution < 1.29 is 9.90 Å². The number of aliphatic carboxylic acids is 1. The van der Waals surface area contributed by atoms with E-state index in [1.165, 1.54) is 0 Å². The van der Waals surface area contributed by atoms with E-state index in [1.54, 1.807) is 0 Å². The number of carboxylic acids is 1. The van der Waals surface area contributed by atoms with Crippen LogP contribution in [0.15, 0.2) is 0 Å². The van der Waals surface area contributed by atoms with E-state index < -0.39 is 11.2 Å². The summed E-state index contributed by atoms with van der Waals surface area (Å²) in [6.45, 7) is 1.94. The predicted molar refractivity (Wildman–Crippen MR) is 35.3 cm³/mol. The Hall–Kier alpha value is -0.180. The molecule has 48 valence electrons. The second-order valence-corrected chi connectivity index (χ2v) is 2.27. The third-order valence-corrected chi connectivity index (χ3v) is 1.33. The molecule has 0 bridgehead atoms. The van der Waals surface area contributed by atoms with Crippen LogP contribution < -0.4 is 0 Å². The van der Waals surface area contributed by atoms with Gasteiger partial charge in [0.05, 0.1) is 5.25 Å². The van der Waals surface area contributed by atoms with Gasteiger partial charge >= 0.3 is 5.97 Å². The molecule has 0 rings (SSSR count). The molecule has 0 spiro atoms. The molecule has 0 aliphatic carbocycles. The van der Waals surface area contributed by atoms with Crippen LogP contribution >= 0.6 is 12.6 Å². The summed E-state index contributed by atoms with van der Waals surface area (Å²) in [7, 11) is 0. The first-order valence-corrected chi connectivity index (χ1v) is 3.11. The molecule has 0 unspecified atom stereocenters. The lowest BCUT2D eigenvalue weighted by atomic mass is 10.2. The van der Waals surface area contributed by atoms with Crippen LogP contribution in [0.5, 0.6) is 0 Å². The molecular formula is C5H10O2S. The first kappa shape index (κ1) is 7.82. The second-order valence-electron chi connectivity index (χ2n) is 1.64. The zero-order valence-electron chi connectivity index (χ0n) is 4.79. The van der Waals surface area contributed by atoms with Crippen molar-refractivity contribution in [3.63, 3.8) is 0 Å². The van der Waals surface area contributed by atoms with Crippen molar-refractivity contribution in [3.8, 4) is 0 Å². The van der Waals surface area contributed by atoms with E-state index in [0.717, 1.165) is 6.42 Å². The van der Waals surface area contributed by atoms with Gasteiger partial charge in [-0.25, -0.2) is 0 Å². The van der Waals surface area contributed by atoms with Gasteiger partial charge in [-0.05, 0) is 6.42 Å². The van der Waals surface area contributed by atoms with Gasteiger partial charge in [0.1, 0.15) is 0 Å². The quantitative estimate of drug-likeness (QED) is 0.568. The molecular weight excluding hydrogens is 124 g/mol. The number of hydrogen-bond acceptors (Lipinski definition) is 2. The van der Waals surface area contributed by atoms with Gasteiger partial charge in [0.25, 0.3) is 0 Å². The Morgan fingerprint density at radius 2 is 2.38 bits per heavy atom. The number of rotatable bonds is 3. The minimum absolute atomic E-state index is 0.472. The van der Waals surface area contributed by atoms with E-state index in [2.05, 4.69) is 12.6 Å². The van der Waals surface area contributed by atoms with Gasteiger partial charge in [-0.1, -0.05) is 13.3 Å². The molecule has 0 saturated carbocycles. The molecule has 0 aliphatic rings. The molecule has 0 fully saturated rings. The Morgan fingerprint density at radius 3 is 2.50 bits per heavy atom. The molecule has 0 radical (unpaired) electrons. The highest BCUT2D eigenvalue weighted by molar-refractivity contribution is 7.81. The molecule has 0 aromatic rings. The van der Waals surface area contributed by atoms with Gasteiger partial charge in [-0.15, -0.1) is 0 Å². The minimum Gasteiger partial charge on any atom is -0.480 e. The fourth-order valence-corrected chi connectivity index (χ4v) is 0.655. The summed E-state index contributed by atoms with van der Waals surface area (Å²) in [5, 5.41) is 7.76. The van der Waals surface area contributed by atoms with Crippen molar-refractivity contribution in [1.29, 1.82) is 0 Å². The Balaban J connectivity index is 3.32. The molecule has 1 atom stereocenters. The molecule has 2 nitrogen and oxygen atoms in total. The van der Waals surface area contributed by atoms with Crippen LogP contribution in [0.2, 0.25) is 0 Å². The van der Waals surface area contributed by atoms with Crippen molar-refractivity contribution in [2.75, 3.05) is 0 Å². The Bertz CT molecular complexity index is 82.5. The maximum absolute atomic E-state index is 10.0. The Kier molecular flexibility index (Phi) is 3.69. The van der Waals surface area contributed by atoms with Crippen LogP contribution in [0.3, 0.4) is 0 Å². The summed E-state index contributed by atoms with van der Waals surface area (Å²) in [4.78, 5) is 10.0. The number of carbonyl (C=O) groups is 1. The molecule has 0 heterocycles. The average molecular weight is 134 g/mol. The predicted octanol–water partition coefficient (Wildman–Crippen LogP) is 1.17. The number of carboxylic acid groups (broad SMARTS) is 1. The smallest absolute Gasteiger partial charge is 0.316 e. The molecule has 0 aliphatic heterocycles. The van der Waals surface area contributed by atoms with E-state index in [4.69, 9.17) is 5.11 Å². The molecule has 0 amide bonds. The lowest BCUT2D eigenvalue weighted by Crippen LogP contribution is -2.12. The molecule has 0 aromatic carbocycles. The lowest BCUT2D eigenvalue weighted by molar-refractivity contribution is -0.136. The first-order valence-electron chi connectivity index (χ1n) is 2.59. The fourth-order valence-electron chi connectivity index (χ4n) is 0.397. The molecule has 1 N–H and O–H groups in total. The largest absolute Gasteiger partial charge is 0.480 e. The van der Waals surface area contributed by atoms with Crippen LogP contribution in [0.1, 0.15) is 19.8 Å². The molecule has 3 heteroatoms. The van der Waals surface area contributed by atoms with Gasteiger partial charge in [0.15, 0.2) is 0 Å². The van der Waals surface area contributed by atoms with Gasteiger partial charge in [0, 0.05) is 0 Å². The van der Waals surface area contributed by atoms with Crippen molar-refractivity contribution in [2.45, 2.75) is 25.0 Å². The third-order valence-electron chi connectivity index (χ3n) is 0.847. The zero-order valence-corrected chi connectivity index (χ0v) is 5.69. The van der Waals surface area contributed by atoms with Gasteiger partial charge < -0.3 is 5.11 Å². The topological polar surface area (TPSA) is 37.3 Å². The lowest BCUT2D eigenvalue weighted by Gasteiger charge is -1.99. The van der Waals surface area contributed by atoms with E-state index in [-0.39, 0.29) is 0 Å². The monoisotopic (exact) mass is 134 g/mol. The van der Waals surface area contributed by atoms with E-state index in [1.807, 2.05) is 6.92 Å². The summed E-state index contributed by atoms with van der Waals surface area (Å²) in [5.74, 6) is -0.824. The van der Waals surface area contributed by atoms with E-state index in [0.29, 0.717) is 6.42 Å². The standard InChI is InChI=1S/C5H10O2S/c1-2-3-4(8)5(6)7/h4,8H,2-3H2,1H3,(H,6,7)/t4-/m1/s1. The molecule has 0 saturated heterocycles. The third kappa shape index (κ3) is 2.91. The molecule has 8 heavy (non-hydrogen) atoms. The maximum Gasteiger partial charge on any atom is 0.316 e. The summed E-state index contributed by atoms with van der Waals surface area (Å²) >= 11 is 3.81. The first-order chi connectivity index (χ1) is 3.68. The van der Waals surface area contributed by atoms with Crippen molar-refractivity contribution in [3.05, 3.63) is 0 Å². The number of thiol groups is 1. The maximum atomic E-state index is 10.0. The highest BCUT2D eigenvalue weighted by Crippen LogP contribution is 2.02. The van der Waals surface area contributed by atoms with Gasteiger partial charge in [0.2, 0.25) is 0 Å². The van der Waals surface area contributed by atoms with Crippen molar-refractivity contribution in [1.82, 2.24) is 0 Å². The second kappa shape index (κ2) is 3.78.